The highest BCUT2D eigenvalue weighted by atomic mass is 16.5. The second kappa shape index (κ2) is 6.12. The summed E-state index contributed by atoms with van der Waals surface area (Å²) in [5, 5.41) is 8.91. The molecular weight excluding hydrogens is 286 g/mol. The molecule has 2 atom stereocenters. The molecule has 1 fully saturated rings. The zero-order valence-corrected chi connectivity index (χ0v) is 13.5. The first kappa shape index (κ1) is 16.5. The van der Waals surface area contributed by atoms with Crippen LogP contribution in [-0.4, -0.2) is 48.2 Å². The van der Waals surface area contributed by atoms with Gasteiger partial charge in [0.05, 0.1) is 11.7 Å². The minimum absolute atomic E-state index is 0.0163. The molecule has 0 spiro atoms. The third kappa shape index (κ3) is 2.41. The molecule has 22 heavy (non-hydrogen) atoms. The van der Waals surface area contributed by atoms with Crippen LogP contribution in [0.15, 0.2) is 16.7 Å². The number of carbonyl (C=O) groups is 2. The van der Waals surface area contributed by atoms with Crippen molar-refractivity contribution in [1.29, 1.82) is 0 Å². The molecule has 6 heteroatoms. The summed E-state index contributed by atoms with van der Waals surface area (Å²) in [6.45, 7) is 4.21. The lowest BCUT2D eigenvalue weighted by atomic mass is 9.58. The minimum atomic E-state index is -1.11. The number of rotatable bonds is 6. The maximum absolute atomic E-state index is 12.5. The van der Waals surface area contributed by atoms with E-state index in [1.807, 2.05) is 0 Å². The molecule has 6 nitrogen and oxygen atoms in total. The summed E-state index contributed by atoms with van der Waals surface area (Å²) in [5.74, 6) is -1.34. The van der Waals surface area contributed by atoms with Crippen LogP contribution in [-0.2, 0) is 4.74 Å². The smallest absolute Gasteiger partial charge is 0.338 e. The van der Waals surface area contributed by atoms with Crippen LogP contribution in [0.3, 0.4) is 0 Å². The van der Waals surface area contributed by atoms with Crippen molar-refractivity contribution >= 4 is 11.9 Å². The number of amides is 1. The standard InChI is InChI=1S/C16H23NO5/c1-5-16(6-2)12(8-13(16)21-4)17(3)14(18)11-7-10(9-22-11)15(19)20/h7,9,12-13H,5-6,8H2,1-4H3,(H,19,20)/t12-,13-/m0/s1. The number of methoxy groups -OCH3 is 1. The van der Waals surface area contributed by atoms with Gasteiger partial charge in [0.1, 0.15) is 6.26 Å². The first-order chi connectivity index (χ1) is 10.4. The summed E-state index contributed by atoms with van der Waals surface area (Å²) in [6, 6.07) is 1.34. The van der Waals surface area contributed by atoms with E-state index >= 15 is 0 Å². The van der Waals surface area contributed by atoms with Crippen molar-refractivity contribution in [2.45, 2.75) is 45.3 Å². The molecule has 0 aliphatic heterocycles. The molecule has 1 heterocycles. The van der Waals surface area contributed by atoms with Gasteiger partial charge < -0.3 is 19.2 Å². The Morgan fingerprint density at radius 2 is 2.09 bits per heavy atom. The molecule has 122 valence electrons. The summed E-state index contributed by atoms with van der Waals surface area (Å²) >= 11 is 0. The summed E-state index contributed by atoms with van der Waals surface area (Å²) in [5.41, 5.74) is -0.0705. The van der Waals surface area contributed by atoms with Gasteiger partial charge in [0.15, 0.2) is 5.76 Å². The van der Waals surface area contributed by atoms with Gasteiger partial charge in [-0.05, 0) is 19.3 Å². The van der Waals surface area contributed by atoms with Gasteiger partial charge in [-0.1, -0.05) is 13.8 Å². The Morgan fingerprint density at radius 1 is 1.45 bits per heavy atom. The first-order valence-corrected chi connectivity index (χ1v) is 7.53. The van der Waals surface area contributed by atoms with Gasteiger partial charge in [-0.25, -0.2) is 4.79 Å². The molecule has 2 rings (SSSR count). The fraction of sp³-hybridized carbons (Fsp3) is 0.625. The summed E-state index contributed by atoms with van der Waals surface area (Å²) < 4.78 is 10.7. The zero-order valence-electron chi connectivity index (χ0n) is 13.5. The molecule has 1 amide bonds. The Bertz CT molecular complexity index is 561. The van der Waals surface area contributed by atoms with Crippen LogP contribution >= 0.6 is 0 Å². The Hall–Kier alpha value is -1.82. The van der Waals surface area contributed by atoms with E-state index in [4.69, 9.17) is 14.3 Å². The molecule has 1 aliphatic carbocycles. The van der Waals surface area contributed by atoms with Gasteiger partial charge in [0.2, 0.25) is 0 Å². The molecule has 0 radical (unpaired) electrons. The molecule has 1 N–H and O–H groups in total. The highest BCUT2D eigenvalue weighted by molar-refractivity contribution is 5.95. The fourth-order valence-corrected chi connectivity index (χ4v) is 3.65. The minimum Gasteiger partial charge on any atom is -0.478 e. The molecule has 1 saturated carbocycles. The maximum Gasteiger partial charge on any atom is 0.338 e. The predicted molar refractivity (Wildman–Crippen MR) is 80.0 cm³/mol. The topological polar surface area (TPSA) is 80.0 Å². The first-order valence-electron chi connectivity index (χ1n) is 7.53. The van der Waals surface area contributed by atoms with Crippen LogP contribution in [0.2, 0.25) is 0 Å². The molecule has 1 aliphatic rings. The van der Waals surface area contributed by atoms with Gasteiger partial charge in [0, 0.05) is 31.7 Å². The van der Waals surface area contributed by atoms with Crippen molar-refractivity contribution in [3.63, 3.8) is 0 Å². The average Bonchev–Trinajstić information content (AvgIpc) is 2.97. The zero-order chi connectivity index (χ0) is 16.5. The number of carbonyl (C=O) groups excluding carboxylic acids is 1. The van der Waals surface area contributed by atoms with Crippen LogP contribution in [0.1, 0.15) is 54.0 Å². The molecule has 0 aromatic carbocycles. The fourth-order valence-electron chi connectivity index (χ4n) is 3.65. The van der Waals surface area contributed by atoms with Crippen molar-refractivity contribution < 1.29 is 23.8 Å². The molecule has 1 aromatic rings. The van der Waals surface area contributed by atoms with Gasteiger partial charge in [0.25, 0.3) is 5.91 Å². The van der Waals surface area contributed by atoms with Gasteiger partial charge >= 0.3 is 5.97 Å². The van der Waals surface area contributed by atoms with E-state index < -0.39 is 5.97 Å². The Kier molecular flexibility index (Phi) is 4.60. The normalized spacial score (nSPS) is 22.9. The Balaban J connectivity index is 2.18. The number of hydrogen-bond donors (Lipinski definition) is 1. The average molecular weight is 309 g/mol. The number of carboxylic acids is 1. The molecular formula is C16H23NO5. The lowest BCUT2D eigenvalue weighted by Crippen LogP contribution is -2.64. The van der Waals surface area contributed by atoms with E-state index in [0.29, 0.717) is 0 Å². The van der Waals surface area contributed by atoms with Crippen molar-refractivity contribution in [2.75, 3.05) is 14.2 Å². The van der Waals surface area contributed by atoms with E-state index in [9.17, 15) is 9.59 Å². The summed E-state index contributed by atoms with van der Waals surface area (Å²) in [4.78, 5) is 25.1. The van der Waals surface area contributed by atoms with Crippen LogP contribution in [0.25, 0.3) is 0 Å². The number of nitrogens with zero attached hydrogens (tertiary/aromatic N) is 1. The SMILES string of the molecule is CCC1(CC)[C@@H](OC)C[C@@H]1N(C)C(=O)c1cc(C(=O)O)co1. The van der Waals surface area contributed by atoms with Crippen LogP contribution in [0, 0.1) is 5.41 Å². The predicted octanol–water partition coefficient (Wildman–Crippen LogP) is 2.64. The lowest BCUT2D eigenvalue weighted by Gasteiger charge is -2.57. The Labute approximate surface area is 130 Å². The number of hydrogen-bond acceptors (Lipinski definition) is 4. The van der Waals surface area contributed by atoms with Crippen LogP contribution in [0.5, 0.6) is 0 Å². The van der Waals surface area contributed by atoms with E-state index in [0.717, 1.165) is 25.5 Å². The molecule has 0 saturated heterocycles. The van der Waals surface area contributed by atoms with Crippen molar-refractivity contribution in [2.24, 2.45) is 5.41 Å². The van der Waals surface area contributed by atoms with Gasteiger partial charge in [-0.3, -0.25) is 4.79 Å². The highest BCUT2D eigenvalue weighted by Crippen LogP contribution is 2.51. The summed E-state index contributed by atoms with van der Waals surface area (Å²) in [7, 11) is 3.44. The number of carboxylic acid groups (broad SMARTS) is 1. The molecule has 1 aromatic heterocycles. The number of furan rings is 1. The van der Waals surface area contributed by atoms with E-state index in [2.05, 4.69) is 13.8 Å². The van der Waals surface area contributed by atoms with Crippen LogP contribution < -0.4 is 0 Å². The maximum atomic E-state index is 12.5. The molecule has 0 bridgehead atoms. The Morgan fingerprint density at radius 3 is 2.55 bits per heavy atom. The quantitative estimate of drug-likeness (QED) is 0.873. The van der Waals surface area contributed by atoms with Gasteiger partial charge in [-0.2, -0.15) is 0 Å². The van der Waals surface area contributed by atoms with E-state index in [1.54, 1.807) is 19.1 Å². The van der Waals surface area contributed by atoms with Crippen molar-refractivity contribution in [3.05, 3.63) is 23.7 Å². The monoisotopic (exact) mass is 309 g/mol. The highest BCUT2D eigenvalue weighted by Gasteiger charge is 2.55. The van der Waals surface area contributed by atoms with E-state index in [1.165, 1.54) is 6.07 Å². The number of ether oxygens (including phenoxy) is 1. The van der Waals surface area contributed by atoms with Crippen molar-refractivity contribution in [3.8, 4) is 0 Å². The van der Waals surface area contributed by atoms with Gasteiger partial charge in [-0.15, -0.1) is 0 Å². The third-order valence-corrected chi connectivity index (χ3v) is 5.19. The summed E-state index contributed by atoms with van der Waals surface area (Å²) in [6.07, 6.45) is 3.86. The van der Waals surface area contributed by atoms with Crippen LogP contribution in [0.4, 0.5) is 0 Å². The second-order valence-corrected chi connectivity index (χ2v) is 5.84. The van der Waals surface area contributed by atoms with E-state index in [-0.39, 0.29) is 34.8 Å². The third-order valence-electron chi connectivity index (χ3n) is 5.19. The van der Waals surface area contributed by atoms with Crippen molar-refractivity contribution in [1.82, 2.24) is 4.90 Å². The number of aromatic carboxylic acids is 1. The largest absolute Gasteiger partial charge is 0.478 e. The lowest BCUT2D eigenvalue weighted by molar-refractivity contribution is -0.147. The second-order valence-electron chi connectivity index (χ2n) is 5.84. The molecule has 0 unspecified atom stereocenters.